The molecule has 1 N–H and O–H groups in total. The average molecular weight is 408 g/mol. The van der Waals surface area contributed by atoms with Gasteiger partial charge in [0.25, 0.3) is 11.5 Å². The van der Waals surface area contributed by atoms with Crippen LogP contribution >= 0.6 is 23.2 Å². The molecule has 0 saturated carbocycles. The van der Waals surface area contributed by atoms with E-state index in [9.17, 15) is 9.59 Å². The molecule has 1 amide bonds. The molecule has 0 unspecified atom stereocenters. The van der Waals surface area contributed by atoms with Crippen LogP contribution in [0, 0.1) is 0 Å². The summed E-state index contributed by atoms with van der Waals surface area (Å²) in [5.74, 6) is 0.567. The van der Waals surface area contributed by atoms with Gasteiger partial charge in [-0.15, -0.1) is 0 Å². The lowest BCUT2D eigenvalue weighted by molar-refractivity contribution is -0.123. The molecule has 0 spiro atoms. The summed E-state index contributed by atoms with van der Waals surface area (Å²) in [6.07, 6.45) is 1.53. The second-order valence-corrected chi connectivity index (χ2v) is 6.31. The molecular formula is C18H15Cl2N3O4. The highest BCUT2D eigenvalue weighted by atomic mass is 35.5. The molecule has 9 heteroatoms. The van der Waals surface area contributed by atoms with Crippen LogP contribution in [0.1, 0.15) is 0 Å². The molecule has 0 aliphatic rings. The van der Waals surface area contributed by atoms with Crippen molar-refractivity contribution < 1.29 is 13.9 Å². The van der Waals surface area contributed by atoms with Crippen LogP contribution in [0.4, 0.5) is 0 Å². The molecule has 2 aromatic heterocycles. The topological polar surface area (TPSA) is 86.4 Å². The Bertz CT molecular complexity index is 987. The SMILES string of the molecule is O=C(COc1ccc(Cl)cc1Cl)NCCn1nc(-c2ccco2)ccc1=O. The molecule has 0 radical (unpaired) electrons. The van der Waals surface area contributed by atoms with Gasteiger partial charge in [0.15, 0.2) is 12.4 Å². The summed E-state index contributed by atoms with van der Waals surface area (Å²) in [5, 5.41) is 7.68. The van der Waals surface area contributed by atoms with Gasteiger partial charge in [-0.1, -0.05) is 23.2 Å². The maximum absolute atomic E-state index is 11.9. The van der Waals surface area contributed by atoms with Crippen LogP contribution in [0.2, 0.25) is 10.0 Å². The van der Waals surface area contributed by atoms with E-state index in [0.717, 1.165) is 0 Å². The molecule has 1 aromatic carbocycles. The predicted molar refractivity (Wildman–Crippen MR) is 101 cm³/mol. The maximum Gasteiger partial charge on any atom is 0.266 e. The van der Waals surface area contributed by atoms with Crippen molar-refractivity contribution in [2.75, 3.05) is 13.2 Å². The van der Waals surface area contributed by atoms with Crippen molar-refractivity contribution in [2.45, 2.75) is 6.54 Å². The fraction of sp³-hybridized carbons (Fsp3) is 0.167. The predicted octanol–water partition coefficient (Wildman–Crippen LogP) is 3.01. The Labute approximate surface area is 164 Å². The summed E-state index contributed by atoms with van der Waals surface area (Å²) in [6, 6.07) is 11.2. The number of amides is 1. The van der Waals surface area contributed by atoms with Gasteiger partial charge in [-0.3, -0.25) is 9.59 Å². The van der Waals surface area contributed by atoms with E-state index < -0.39 is 0 Å². The first-order chi connectivity index (χ1) is 13.0. The Morgan fingerprint density at radius 1 is 1.22 bits per heavy atom. The molecule has 0 bridgehead atoms. The van der Waals surface area contributed by atoms with Crippen LogP contribution in [-0.4, -0.2) is 28.8 Å². The first-order valence-corrected chi connectivity index (χ1v) is 8.75. The summed E-state index contributed by atoms with van der Waals surface area (Å²) >= 11 is 11.8. The van der Waals surface area contributed by atoms with Crippen LogP contribution in [-0.2, 0) is 11.3 Å². The third kappa shape index (κ3) is 5.12. The maximum atomic E-state index is 11.9. The van der Waals surface area contributed by atoms with E-state index >= 15 is 0 Å². The van der Waals surface area contributed by atoms with E-state index in [1.807, 2.05) is 0 Å². The molecular weight excluding hydrogens is 393 g/mol. The molecule has 7 nitrogen and oxygen atoms in total. The second-order valence-electron chi connectivity index (χ2n) is 5.47. The van der Waals surface area contributed by atoms with Crippen molar-refractivity contribution in [3.05, 3.63) is 69.1 Å². The Morgan fingerprint density at radius 2 is 2.07 bits per heavy atom. The van der Waals surface area contributed by atoms with Crippen LogP contribution in [0.25, 0.3) is 11.5 Å². The third-order valence-corrected chi connectivity index (χ3v) is 4.07. The first kappa shape index (κ1) is 19.0. The minimum atomic E-state index is -0.351. The van der Waals surface area contributed by atoms with Gasteiger partial charge < -0.3 is 14.5 Å². The lowest BCUT2D eigenvalue weighted by atomic mass is 10.3. The van der Waals surface area contributed by atoms with Crippen LogP contribution in [0.3, 0.4) is 0 Å². The normalized spacial score (nSPS) is 10.6. The van der Waals surface area contributed by atoms with Crippen LogP contribution < -0.4 is 15.6 Å². The van der Waals surface area contributed by atoms with Crippen molar-refractivity contribution in [3.63, 3.8) is 0 Å². The average Bonchev–Trinajstić information content (AvgIpc) is 3.17. The first-order valence-electron chi connectivity index (χ1n) is 7.99. The molecule has 3 aromatic rings. The van der Waals surface area contributed by atoms with E-state index in [-0.39, 0.29) is 31.2 Å². The number of benzene rings is 1. The van der Waals surface area contributed by atoms with Crippen molar-refractivity contribution in [2.24, 2.45) is 0 Å². The number of carbonyl (C=O) groups excluding carboxylic acids is 1. The monoisotopic (exact) mass is 407 g/mol. The number of halogens is 2. The van der Waals surface area contributed by atoms with Gasteiger partial charge in [0, 0.05) is 17.6 Å². The number of hydrogen-bond donors (Lipinski definition) is 1. The third-order valence-electron chi connectivity index (χ3n) is 3.54. The van der Waals surface area contributed by atoms with E-state index in [2.05, 4.69) is 10.4 Å². The highest BCUT2D eigenvalue weighted by molar-refractivity contribution is 6.35. The Kier molecular flexibility index (Phi) is 6.16. The Morgan fingerprint density at radius 3 is 2.81 bits per heavy atom. The number of furan rings is 1. The Hall–Kier alpha value is -2.77. The standard InChI is InChI=1S/C18H15Cl2N3O4/c19-12-3-5-15(13(20)10-12)27-11-17(24)21-7-8-23-18(25)6-4-14(22-23)16-2-1-9-26-16/h1-6,9-10H,7-8,11H2,(H,21,24). The minimum Gasteiger partial charge on any atom is -0.482 e. The molecule has 3 rings (SSSR count). The summed E-state index contributed by atoms with van der Waals surface area (Å²) in [6.45, 7) is 0.210. The molecule has 0 aliphatic heterocycles. The summed E-state index contributed by atoms with van der Waals surface area (Å²) in [4.78, 5) is 23.8. The minimum absolute atomic E-state index is 0.209. The van der Waals surface area contributed by atoms with Crippen molar-refractivity contribution >= 4 is 29.1 Å². The van der Waals surface area contributed by atoms with Gasteiger partial charge in [-0.25, -0.2) is 4.68 Å². The molecule has 27 heavy (non-hydrogen) atoms. The van der Waals surface area contributed by atoms with Gasteiger partial charge in [0.2, 0.25) is 0 Å². The fourth-order valence-corrected chi connectivity index (χ4v) is 2.72. The van der Waals surface area contributed by atoms with Gasteiger partial charge in [0.1, 0.15) is 11.4 Å². The second kappa shape index (κ2) is 8.75. The molecule has 140 valence electrons. The van der Waals surface area contributed by atoms with Crippen LogP contribution in [0.5, 0.6) is 5.75 Å². The zero-order valence-electron chi connectivity index (χ0n) is 14.0. The smallest absolute Gasteiger partial charge is 0.266 e. The molecule has 0 saturated heterocycles. The number of hydrogen-bond acceptors (Lipinski definition) is 5. The summed E-state index contributed by atoms with van der Waals surface area (Å²) in [5.41, 5.74) is 0.260. The van der Waals surface area contributed by atoms with E-state index in [1.165, 1.54) is 23.1 Å². The largest absolute Gasteiger partial charge is 0.482 e. The zero-order valence-corrected chi connectivity index (χ0v) is 15.5. The van der Waals surface area contributed by atoms with Gasteiger partial charge in [-0.2, -0.15) is 5.10 Å². The quantitative estimate of drug-likeness (QED) is 0.650. The summed E-state index contributed by atoms with van der Waals surface area (Å²) < 4.78 is 11.9. The van der Waals surface area contributed by atoms with Crippen molar-refractivity contribution in [3.8, 4) is 17.2 Å². The highest BCUT2D eigenvalue weighted by Gasteiger charge is 2.08. The van der Waals surface area contributed by atoms with Crippen molar-refractivity contribution in [1.29, 1.82) is 0 Å². The van der Waals surface area contributed by atoms with E-state index in [1.54, 1.807) is 30.3 Å². The molecule has 0 aliphatic carbocycles. The Balaban J connectivity index is 1.51. The fourth-order valence-electron chi connectivity index (χ4n) is 2.25. The van der Waals surface area contributed by atoms with Crippen LogP contribution in [0.15, 0.2) is 57.9 Å². The number of ether oxygens (including phenoxy) is 1. The zero-order chi connectivity index (χ0) is 19.2. The number of nitrogens with one attached hydrogen (secondary N) is 1. The molecule has 2 heterocycles. The van der Waals surface area contributed by atoms with Gasteiger partial charge in [0.05, 0.1) is 17.8 Å². The number of carbonyl (C=O) groups is 1. The van der Waals surface area contributed by atoms with Gasteiger partial charge >= 0.3 is 0 Å². The summed E-state index contributed by atoms with van der Waals surface area (Å²) in [7, 11) is 0. The van der Waals surface area contributed by atoms with Crippen molar-refractivity contribution in [1.82, 2.24) is 15.1 Å². The molecule has 0 atom stereocenters. The molecule has 0 fully saturated rings. The lowest BCUT2D eigenvalue weighted by Gasteiger charge is -2.10. The number of aromatic nitrogens is 2. The van der Waals surface area contributed by atoms with E-state index in [4.69, 9.17) is 32.4 Å². The highest BCUT2D eigenvalue weighted by Crippen LogP contribution is 2.27. The van der Waals surface area contributed by atoms with E-state index in [0.29, 0.717) is 27.2 Å². The number of nitrogens with zero attached hydrogens (tertiary/aromatic N) is 2. The van der Waals surface area contributed by atoms with Gasteiger partial charge in [-0.05, 0) is 36.4 Å². The lowest BCUT2D eigenvalue weighted by Crippen LogP contribution is -2.34. The number of rotatable bonds is 7.